The molecule has 16 atom stereocenters. The first-order valence-electron chi connectivity index (χ1n) is 23.3. The third kappa shape index (κ3) is 13.7. The second-order valence-electron chi connectivity index (χ2n) is 17.9. The van der Waals surface area contributed by atoms with Gasteiger partial charge in [0, 0.05) is 31.8 Å². The van der Waals surface area contributed by atoms with Crippen LogP contribution in [0.2, 0.25) is 0 Å². The predicted molar refractivity (Wildman–Crippen MR) is 262 cm³/mol. The van der Waals surface area contributed by atoms with Gasteiger partial charge in [-0.15, -0.1) is 0 Å². The van der Waals surface area contributed by atoms with E-state index in [0.717, 1.165) is 36.6 Å². The Morgan fingerprint density at radius 3 is 2.12 bits per heavy atom. The number of nitrogens with two attached hydrogens (primary N) is 2. The number of aromatic amines is 2. The van der Waals surface area contributed by atoms with E-state index in [0.29, 0.717) is 6.42 Å². The summed E-state index contributed by atoms with van der Waals surface area (Å²) in [6.07, 6.45) is -13.5. The number of imidazole rings is 2. The van der Waals surface area contributed by atoms with E-state index in [1.165, 1.54) is 27.1 Å². The Bertz CT molecular complexity index is 3590. The second-order valence-corrected chi connectivity index (χ2v) is 25.9. The first-order chi connectivity index (χ1) is 37.4. The van der Waals surface area contributed by atoms with Gasteiger partial charge in [0.2, 0.25) is 21.8 Å². The number of methoxy groups -OCH3 is 1. The molecule has 14 N–H and O–H groups in total. The SMILES string of the molecule is CCCCS(=O)(=O)NC[C@H]1[C@@H](O)[C@H]([n+]2cn(C)c3c(=O)[nH]c(N)nc32)O[C@@H]1COP(=O)(O)OP(=O)(O)OP(=O)(O)OCC1O[C@@H](n2cnc3c(N)ncnc32)[C@H](OC)[C@@H]1OP(=O)(O)OC[C@H]1O[C@@H](n2ccc(=O)[nH]c2=O)[C@H](O)[C@@H]1O. The van der Waals surface area contributed by atoms with Gasteiger partial charge in [0.25, 0.3) is 17.1 Å². The molecule has 0 radical (unpaired) electrons. The summed E-state index contributed by atoms with van der Waals surface area (Å²) in [6.45, 7) is -2.28. The summed E-state index contributed by atoms with van der Waals surface area (Å²) < 4.78 is 137. The highest BCUT2D eigenvalue weighted by Gasteiger charge is 2.54. The molecule has 39 nitrogen and oxygen atoms in total. The van der Waals surface area contributed by atoms with Gasteiger partial charge in [-0.25, -0.2) is 55.7 Å². The van der Waals surface area contributed by atoms with Crippen molar-refractivity contribution in [2.45, 2.75) is 87.3 Å². The highest BCUT2D eigenvalue weighted by Crippen LogP contribution is 2.68. The van der Waals surface area contributed by atoms with Crippen LogP contribution in [0.1, 0.15) is 38.4 Å². The van der Waals surface area contributed by atoms with Crippen molar-refractivity contribution >= 4 is 75.4 Å². The molecule has 0 spiro atoms. The van der Waals surface area contributed by atoms with Crippen molar-refractivity contribution in [3.8, 4) is 0 Å². The number of fused-ring (bicyclic) bond motifs is 2. The third-order valence-corrected chi connectivity index (χ3v) is 19.1. The van der Waals surface area contributed by atoms with Crippen molar-refractivity contribution < 1.29 is 112 Å². The minimum absolute atomic E-state index is 0.0111. The van der Waals surface area contributed by atoms with E-state index in [9.17, 15) is 76.0 Å². The van der Waals surface area contributed by atoms with Crippen LogP contribution in [0, 0.1) is 5.92 Å². The standard InChI is InChI=1S/C36H53N13O26P4S/c1-4-5-8-80(64,65)42-9-16-17(70-32(23(16)51)49-15-46(2)22-30(49)44-35(38)45-31(22)54)10-68-77(58,59)74-79(62,63)75-78(60,61)69-12-19-26(27(66-3)34(72-19)48-14-41-21-28(37)39-13-40-29(21)48)73-76(56,57)67-11-18-24(52)25(53)33(71-18)47-7-6-20(50)43-36(47)55/h6-7,13-19,23-27,32-34,42,51-53H,4-5,8-12H2,1-3H3,(H9-,37,38,39,40,43,44,45,50,54,55,56,57,58,59,60,61,62,63)/p+1/t16-,17-,18-,19?,23-,24-,25-,26-,27-,32-,33-,34-/m1/s1. The number of sulfonamides is 1. The molecule has 5 aromatic heterocycles. The normalized spacial score (nSPS) is 29.4. The Morgan fingerprint density at radius 2 is 1.46 bits per heavy atom. The van der Waals surface area contributed by atoms with Crippen LogP contribution in [0.25, 0.3) is 22.3 Å². The first kappa shape index (κ1) is 61.4. The Labute approximate surface area is 447 Å². The van der Waals surface area contributed by atoms with Crippen molar-refractivity contribution in [1.82, 2.24) is 48.3 Å². The van der Waals surface area contributed by atoms with E-state index in [1.807, 2.05) is 4.98 Å². The lowest BCUT2D eigenvalue weighted by Gasteiger charge is -2.26. The van der Waals surface area contributed by atoms with Gasteiger partial charge in [0.1, 0.15) is 54.6 Å². The molecule has 5 aromatic rings. The number of aromatic nitrogens is 10. The van der Waals surface area contributed by atoms with Gasteiger partial charge in [0.15, 0.2) is 30.2 Å². The topological polar surface area (TPSA) is 553 Å². The molecule has 0 bridgehead atoms. The molecule has 80 heavy (non-hydrogen) atoms. The van der Waals surface area contributed by atoms with Crippen LogP contribution in [0.4, 0.5) is 11.8 Å². The molecule has 0 aliphatic carbocycles. The summed E-state index contributed by atoms with van der Waals surface area (Å²) in [5.41, 5.74) is 9.03. The number of phosphoric ester groups is 3. The summed E-state index contributed by atoms with van der Waals surface area (Å²) in [5.74, 6) is -2.09. The van der Waals surface area contributed by atoms with E-state index >= 15 is 0 Å². The third-order valence-electron chi connectivity index (χ3n) is 12.4. The Balaban J connectivity index is 0.954. The average molecular weight is 1240 g/mol. The molecule has 444 valence electrons. The average Bonchev–Trinajstić information content (AvgIpc) is 4.33. The molecular weight excluding hydrogens is 1190 g/mol. The van der Waals surface area contributed by atoms with Crippen molar-refractivity contribution in [2.75, 3.05) is 50.7 Å². The maximum Gasteiger partial charge on any atom is 0.490 e. The van der Waals surface area contributed by atoms with Crippen LogP contribution < -0.4 is 37.6 Å². The number of hydrogen-bond acceptors (Lipinski definition) is 28. The van der Waals surface area contributed by atoms with Gasteiger partial charge in [-0.3, -0.25) is 51.4 Å². The highest BCUT2D eigenvalue weighted by molar-refractivity contribution is 7.89. The quantitative estimate of drug-likeness (QED) is 0.0196. The fraction of sp³-hybridized carbons (Fsp3) is 0.611. The molecule has 44 heteroatoms. The van der Waals surface area contributed by atoms with Gasteiger partial charge in [-0.1, -0.05) is 18.3 Å². The summed E-state index contributed by atoms with van der Waals surface area (Å²) in [6, 6.07) is 0.917. The van der Waals surface area contributed by atoms with Gasteiger partial charge < -0.3 is 65.3 Å². The number of aryl methyl sites for hydroxylation is 1. The maximum atomic E-state index is 13.6. The van der Waals surface area contributed by atoms with Crippen LogP contribution in [0.3, 0.4) is 0 Å². The van der Waals surface area contributed by atoms with Gasteiger partial charge in [0.05, 0.1) is 45.1 Å². The number of ether oxygens (including phenoxy) is 4. The monoisotopic (exact) mass is 1240 g/mol. The number of nitrogens with one attached hydrogen (secondary N) is 3. The molecule has 3 aliphatic heterocycles. The summed E-state index contributed by atoms with van der Waals surface area (Å²) in [4.78, 5) is 99.9. The molecule has 5 unspecified atom stereocenters. The number of unbranched alkanes of at least 4 members (excludes halogenated alkanes) is 1. The number of phosphoric acid groups is 4. The first-order valence-corrected chi connectivity index (χ1v) is 30.9. The molecule has 0 saturated carbocycles. The Morgan fingerprint density at radius 1 is 0.812 bits per heavy atom. The molecular formula is C36H54N13O26P4S+. The van der Waals surface area contributed by atoms with Crippen molar-refractivity contribution in [1.29, 1.82) is 0 Å². The highest BCUT2D eigenvalue weighted by atomic mass is 32.2. The van der Waals surface area contributed by atoms with Crippen molar-refractivity contribution in [3.05, 3.63) is 62.4 Å². The smallest absolute Gasteiger partial charge is 0.387 e. The number of nitrogens with zero attached hydrogens (tertiary/aromatic N) is 8. The van der Waals surface area contributed by atoms with Crippen molar-refractivity contribution in [3.63, 3.8) is 0 Å². The van der Waals surface area contributed by atoms with Gasteiger partial charge in [-0.2, -0.15) is 8.62 Å². The van der Waals surface area contributed by atoms with Crippen LogP contribution in [0.15, 0.2) is 45.6 Å². The second kappa shape index (κ2) is 23.9. The summed E-state index contributed by atoms with van der Waals surface area (Å²) in [5, 5.41) is 32.8. The molecule has 3 aliphatic rings. The number of anilines is 2. The fourth-order valence-electron chi connectivity index (χ4n) is 8.76. The summed E-state index contributed by atoms with van der Waals surface area (Å²) in [7, 11) is -25.2. The zero-order valence-electron chi connectivity index (χ0n) is 41.6. The fourth-order valence-corrected chi connectivity index (χ4v) is 14.5. The zero-order chi connectivity index (χ0) is 58.4. The van der Waals surface area contributed by atoms with E-state index in [4.69, 9.17) is 48.5 Å². The van der Waals surface area contributed by atoms with E-state index in [1.54, 1.807) is 6.92 Å². The van der Waals surface area contributed by atoms with Crippen molar-refractivity contribution in [2.24, 2.45) is 13.0 Å². The van der Waals surface area contributed by atoms with Crippen LogP contribution in [0.5, 0.6) is 0 Å². The van der Waals surface area contributed by atoms with E-state index in [-0.39, 0.29) is 46.3 Å². The van der Waals surface area contributed by atoms with Crippen LogP contribution in [-0.2, 0) is 81.0 Å². The van der Waals surface area contributed by atoms with E-state index in [2.05, 4.69) is 38.3 Å². The van der Waals surface area contributed by atoms with Gasteiger partial charge >= 0.3 is 42.6 Å². The lowest BCUT2D eigenvalue weighted by atomic mass is 9.98. The minimum Gasteiger partial charge on any atom is -0.387 e. The lowest BCUT2D eigenvalue weighted by molar-refractivity contribution is -0.745. The van der Waals surface area contributed by atoms with Crippen LogP contribution >= 0.6 is 31.3 Å². The molecule has 8 heterocycles. The Hall–Kier alpha value is -4.67. The zero-order valence-corrected chi connectivity index (χ0v) is 46.0. The summed E-state index contributed by atoms with van der Waals surface area (Å²) >= 11 is 0. The van der Waals surface area contributed by atoms with E-state index < -0.39 is 158 Å². The lowest BCUT2D eigenvalue weighted by Crippen LogP contribution is -2.46. The minimum atomic E-state index is -6.28. The molecule has 3 saturated heterocycles. The number of aliphatic hydroxyl groups is 3. The molecule has 3 fully saturated rings. The molecule has 0 amide bonds. The number of hydrogen-bond donors (Lipinski definition) is 12. The number of rotatable bonds is 25. The molecule has 0 aromatic carbocycles. The van der Waals surface area contributed by atoms with Gasteiger partial charge in [-0.05, 0) is 6.42 Å². The number of nitrogen functional groups attached to an aromatic ring is 2. The number of H-pyrrole nitrogens is 2. The molecule has 8 rings (SSSR count). The van der Waals surface area contributed by atoms with Crippen LogP contribution in [-0.4, -0.2) is 175 Å². The predicted octanol–water partition coefficient (Wildman–Crippen LogP) is -3.90. The maximum absolute atomic E-state index is 13.6. The Kier molecular flexibility index (Phi) is 18.3. The largest absolute Gasteiger partial charge is 0.490 e. The number of aliphatic hydroxyl groups excluding tert-OH is 3.